The second kappa shape index (κ2) is 8.93. The van der Waals surface area contributed by atoms with E-state index in [1.165, 1.54) is 16.7 Å². The molecule has 146 valence electrons. The van der Waals surface area contributed by atoms with Crippen LogP contribution in [0.3, 0.4) is 0 Å². The topological polar surface area (TPSA) is 66.3 Å². The van der Waals surface area contributed by atoms with Gasteiger partial charge in [0, 0.05) is 26.1 Å². The molecule has 2 aromatic carbocycles. The molecule has 2 heterocycles. The lowest BCUT2D eigenvalue weighted by atomic mass is 9.96. The van der Waals surface area contributed by atoms with Gasteiger partial charge in [0.2, 0.25) is 0 Å². The van der Waals surface area contributed by atoms with E-state index < -0.39 is 0 Å². The van der Waals surface area contributed by atoms with Gasteiger partial charge >= 0.3 is 0 Å². The Hall–Kier alpha value is -2.79. The van der Waals surface area contributed by atoms with Crippen molar-refractivity contribution < 1.29 is 9.90 Å². The van der Waals surface area contributed by atoms with Crippen LogP contribution < -0.4 is 4.90 Å². The number of anilines is 1. The number of nitrogens with zero attached hydrogens (tertiary/aromatic N) is 3. The predicted octanol–water partition coefficient (Wildman–Crippen LogP) is 3.94. The number of aliphatic hydroxyl groups is 1. The van der Waals surface area contributed by atoms with Gasteiger partial charge in [-0.1, -0.05) is 30.3 Å². The van der Waals surface area contributed by atoms with Crippen LogP contribution in [0, 0.1) is 19.8 Å². The molecule has 0 aliphatic carbocycles. The van der Waals surface area contributed by atoms with Gasteiger partial charge in [0.05, 0.1) is 10.9 Å². The van der Waals surface area contributed by atoms with Crippen LogP contribution in [0.2, 0.25) is 0 Å². The smallest absolute Gasteiger partial charge is 0.140 e. The second-order valence-corrected chi connectivity index (χ2v) is 7.18. The number of fused-ring (bicyclic) bond motifs is 1. The number of aromatic nitrogens is 2. The first kappa shape index (κ1) is 20.0. The van der Waals surface area contributed by atoms with Crippen molar-refractivity contribution in [3.05, 3.63) is 53.9 Å². The van der Waals surface area contributed by atoms with Crippen LogP contribution in [0.15, 0.2) is 42.7 Å². The summed E-state index contributed by atoms with van der Waals surface area (Å²) in [6, 6.07) is 12.8. The van der Waals surface area contributed by atoms with Gasteiger partial charge in [-0.15, -0.1) is 0 Å². The van der Waals surface area contributed by atoms with Gasteiger partial charge < -0.3 is 14.8 Å². The molecule has 5 nitrogen and oxygen atoms in total. The molecule has 0 bridgehead atoms. The quantitative estimate of drug-likeness (QED) is 0.701. The highest BCUT2D eigenvalue weighted by Crippen LogP contribution is 2.35. The zero-order valence-electron chi connectivity index (χ0n) is 16.7. The molecule has 1 aromatic heterocycles. The van der Waals surface area contributed by atoms with Crippen molar-refractivity contribution in [2.45, 2.75) is 26.7 Å². The standard InChI is InChI=1S/C22H23N3O.CH4O/c1-15-8-9-18(11-16(15)2)19-6-3-7-20-21(19)22(24-14-23-20)25-10-4-5-17(12-25)13-26;1-2/h3,6-9,11,13-14,17H,4-5,10,12H2,1-2H3;2H,1H3. The third-order valence-corrected chi connectivity index (χ3v) is 5.41. The monoisotopic (exact) mass is 377 g/mol. The minimum absolute atomic E-state index is 0.0857. The highest BCUT2D eigenvalue weighted by atomic mass is 16.2. The van der Waals surface area contributed by atoms with Gasteiger partial charge in [0.15, 0.2) is 0 Å². The van der Waals surface area contributed by atoms with E-state index in [-0.39, 0.29) is 5.92 Å². The summed E-state index contributed by atoms with van der Waals surface area (Å²) in [5, 5.41) is 8.07. The number of carbonyl (C=O) groups is 1. The Morgan fingerprint density at radius 1 is 1.11 bits per heavy atom. The van der Waals surface area contributed by atoms with Crippen molar-refractivity contribution in [3.8, 4) is 11.1 Å². The Kier molecular flexibility index (Phi) is 6.37. The van der Waals surface area contributed by atoms with Gasteiger partial charge in [0.25, 0.3) is 0 Å². The number of piperidine rings is 1. The fourth-order valence-electron chi connectivity index (χ4n) is 3.80. The van der Waals surface area contributed by atoms with Crippen molar-refractivity contribution in [2.75, 3.05) is 25.1 Å². The Labute approximate surface area is 166 Å². The van der Waals surface area contributed by atoms with Crippen LogP contribution >= 0.6 is 0 Å². The maximum absolute atomic E-state index is 11.3. The molecular formula is C23H27N3O2. The lowest BCUT2D eigenvalue weighted by molar-refractivity contribution is -0.111. The summed E-state index contributed by atoms with van der Waals surface area (Å²) < 4.78 is 0. The second-order valence-electron chi connectivity index (χ2n) is 7.18. The first-order chi connectivity index (χ1) is 13.7. The number of aldehydes is 1. The van der Waals surface area contributed by atoms with E-state index >= 15 is 0 Å². The van der Waals surface area contributed by atoms with Gasteiger partial charge in [-0.3, -0.25) is 0 Å². The normalized spacial score (nSPS) is 16.4. The van der Waals surface area contributed by atoms with Crippen LogP contribution in [0.4, 0.5) is 5.82 Å². The minimum atomic E-state index is 0.0857. The Balaban J connectivity index is 0.00000109. The number of aliphatic hydroxyl groups excluding tert-OH is 1. The molecule has 1 N–H and O–H groups in total. The highest BCUT2D eigenvalue weighted by molar-refractivity contribution is 6.02. The minimum Gasteiger partial charge on any atom is -0.400 e. The first-order valence-electron chi connectivity index (χ1n) is 9.63. The van der Waals surface area contributed by atoms with Gasteiger partial charge in [-0.25, -0.2) is 9.97 Å². The summed E-state index contributed by atoms with van der Waals surface area (Å²) in [7, 11) is 1.00. The number of benzene rings is 2. The van der Waals surface area contributed by atoms with Crippen molar-refractivity contribution >= 4 is 23.0 Å². The number of rotatable bonds is 3. The molecule has 1 atom stereocenters. The Bertz CT molecular complexity index is 966. The van der Waals surface area contributed by atoms with E-state index in [0.717, 1.165) is 61.6 Å². The van der Waals surface area contributed by atoms with E-state index in [4.69, 9.17) is 5.11 Å². The van der Waals surface area contributed by atoms with Gasteiger partial charge in [-0.2, -0.15) is 0 Å². The van der Waals surface area contributed by atoms with Crippen LogP contribution in [-0.4, -0.2) is 41.6 Å². The van der Waals surface area contributed by atoms with E-state index in [1.807, 2.05) is 12.1 Å². The molecule has 28 heavy (non-hydrogen) atoms. The fourth-order valence-corrected chi connectivity index (χ4v) is 3.80. The number of hydrogen-bond donors (Lipinski definition) is 1. The molecule has 4 rings (SSSR count). The molecule has 1 aliphatic heterocycles. The predicted molar refractivity (Wildman–Crippen MR) is 114 cm³/mol. The van der Waals surface area contributed by atoms with Gasteiger partial charge in [-0.05, 0) is 55.0 Å². The third kappa shape index (κ3) is 3.90. The summed E-state index contributed by atoms with van der Waals surface area (Å²) >= 11 is 0. The SMILES string of the molecule is CO.Cc1ccc(-c2cccc3ncnc(N4CCCC(C=O)C4)c23)cc1C. The largest absolute Gasteiger partial charge is 0.400 e. The molecule has 1 aliphatic rings. The van der Waals surface area contributed by atoms with Crippen molar-refractivity contribution in [1.82, 2.24) is 9.97 Å². The Morgan fingerprint density at radius 3 is 2.68 bits per heavy atom. The summed E-state index contributed by atoms with van der Waals surface area (Å²) in [5.74, 6) is 1.03. The summed E-state index contributed by atoms with van der Waals surface area (Å²) in [6.07, 6.45) is 4.69. The number of carbonyl (C=O) groups excluding carboxylic acids is 1. The first-order valence-corrected chi connectivity index (χ1v) is 9.63. The number of aryl methyl sites for hydroxylation is 2. The van der Waals surface area contributed by atoms with Crippen LogP contribution in [-0.2, 0) is 4.79 Å². The molecule has 0 spiro atoms. The summed E-state index contributed by atoms with van der Waals surface area (Å²) in [5.41, 5.74) is 5.83. The van der Waals surface area contributed by atoms with Crippen molar-refractivity contribution in [2.24, 2.45) is 5.92 Å². The Morgan fingerprint density at radius 2 is 1.93 bits per heavy atom. The molecule has 5 heteroatoms. The van der Waals surface area contributed by atoms with E-state index in [2.05, 4.69) is 53.0 Å². The van der Waals surface area contributed by atoms with Crippen molar-refractivity contribution in [3.63, 3.8) is 0 Å². The molecule has 3 aromatic rings. The zero-order valence-corrected chi connectivity index (χ0v) is 16.7. The maximum atomic E-state index is 11.3. The van der Waals surface area contributed by atoms with E-state index in [1.54, 1.807) is 6.33 Å². The number of hydrogen-bond acceptors (Lipinski definition) is 5. The maximum Gasteiger partial charge on any atom is 0.140 e. The van der Waals surface area contributed by atoms with Crippen LogP contribution in [0.5, 0.6) is 0 Å². The molecule has 0 amide bonds. The van der Waals surface area contributed by atoms with Crippen LogP contribution in [0.1, 0.15) is 24.0 Å². The molecule has 1 unspecified atom stereocenters. The molecule has 0 saturated carbocycles. The average Bonchev–Trinajstić information content (AvgIpc) is 2.76. The summed E-state index contributed by atoms with van der Waals surface area (Å²) in [4.78, 5) is 22.7. The molecule has 1 fully saturated rings. The average molecular weight is 377 g/mol. The van der Waals surface area contributed by atoms with E-state index in [0.29, 0.717) is 0 Å². The molecule has 0 radical (unpaired) electrons. The van der Waals surface area contributed by atoms with Gasteiger partial charge in [0.1, 0.15) is 18.4 Å². The fraction of sp³-hybridized carbons (Fsp3) is 0.348. The van der Waals surface area contributed by atoms with Crippen molar-refractivity contribution in [1.29, 1.82) is 0 Å². The van der Waals surface area contributed by atoms with E-state index in [9.17, 15) is 4.79 Å². The lowest BCUT2D eigenvalue weighted by Crippen LogP contribution is -2.36. The lowest BCUT2D eigenvalue weighted by Gasteiger charge is -2.32. The highest BCUT2D eigenvalue weighted by Gasteiger charge is 2.23. The molecular weight excluding hydrogens is 350 g/mol. The zero-order chi connectivity index (χ0) is 20.1. The third-order valence-electron chi connectivity index (χ3n) is 5.41. The summed E-state index contributed by atoms with van der Waals surface area (Å²) in [6.45, 7) is 5.93. The molecule has 1 saturated heterocycles. The van der Waals surface area contributed by atoms with Crippen LogP contribution in [0.25, 0.3) is 22.0 Å².